The van der Waals surface area contributed by atoms with Crippen LogP contribution in [0.25, 0.3) is 10.9 Å². The molecule has 17 heavy (non-hydrogen) atoms. The number of hydrogen-bond acceptors (Lipinski definition) is 1. The van der Waals surface area contributed by atoms with Crippen LogP contribution in [0.2, 0.25) is 0 Å². The summed E-state index contributed by atoms with van der Waals surface area (Å²) >= 11 is 0. The largest absolute Gasteiger partial charge is 0.357 e. The standard InChI is InChI=1S/C15H22N2/c1-10(2)12-5-6-15-13(7-12)8-14(17-15)9-16-11(3)4/h5-8,10-11,16-17H,9H2,1-4H3. The molecule has 0 amide bonds. The molecule has 0 bridgehead atoms. The second-order valence-electron chi connectivity index (χ2n) is 5.33. The average Bonchev–Trinajstić information content (AvgIpc) is 2.67. The Bertz CT molecular complexity index is 495. The number of fused-ring (bicyclic) bond motifs is 1. The number of H-pyrrole nitrogens is 1. The van der Waals surface area contributed by atoms with Crippen molar-refractivity contribution in [2.24, 2.45) is 0 Å². The number of aromatic amines is 1. The van der Waals surface area contributed by atoms with E-state index in [2.05, 4.69) is 62.3 Å². The summed E-state index contributed by atoms with van der Waals surface area (Å²) in [6.07, 6.45) is 0. The minimum absolute atomic E-state index is 0.521. The SMILES string of the molecule is CC(C)NCc1cc2cc(C(C)C)ccc2[nH]1. The summed E-state index contributed by atoms with van der Waals surface area (Å²) in [7, 11) is 0. The molecule has 0 unspecified atom stereocenters. The van der Waals surface area contributed by atoms with Gasteiger partial charge < -0.3 is 10.3 Å². The Morgan fingerprint density at radius 3 is 2.53 bits per heavy atom. The molecule has 2 heteroatoms. The van der Waals surface area contributed by atoms with Gasteiger partial charge in [-0.3, -0.25) is 0 Å². The van der Waals surface area contributed by atoms with E-state index in [0.717, 1.165) is 6.54 Å². The summed E-state index contributed by atoms with van der Waals surface area (Å²) < 4.78 is 0. The van der Waals surface area contributed by atoms with Gasteiger partial charge in [-0.1, -0.05) is 33.8 Å². The minimum atomic E-state index is 0.521. The Kier molecular flexibility index (Phi) is 3.53. The van der Waals surface area contributed by atoms with Crippen molar-refractivity contribution >= 4 is 10.9 Å². The highest BCUT2D eigenvalue weighted by molar-refractivity contribution is 5.81. The van der Waals surface area contributed by atoms with Gasteiger partial charge in [0.05, 0.1) is 0 Å². The van der Waals surface area contributed by atoms with E-state index in [9.17, 15) is 0 Å². The van der Waals surface area contributed by atoms with Gasteiger partial charge in [0.2, 0.25) is 0 Å². The molecule has 0 radical (unpaired) electrons. The predicted octanol–water partition coefficient (Wildman–Crippen LogP) is 3.79. The third kappa shape index (κ3) is 2.89. The number of benzene rings is 1. The van der Waals surface area contributed by atoms with Crippen LogP contribution >= 0.6 is 0 Å². The lowest BCUT2D eigenvalue weighted by atomic mass is 10.0. The molecule has 1 aromatic heterocycles. The summed E-state index contributed by atoms with van der Waals surface area (Å²) in [5.74, 6) is 0.589. The third-order valence-corrected chi connectivity index (χ3v) is 3.07. The lowest BCUT2D eigenvalue weighted by Gasteiger charge is -2.05. The second-order valence-corrected chi connectivity index (χ2v) is 5.33. The first kappa shape index (κ1) is 12.2. The van der Waals surface area contributed by atoms with E-state index >= 15 is 0 Å². The molecule has 0 aliphatic rings. The Hall–Kier alpha value is -1.28. The zero-order valence-corrected chi connectivity index (χ0v) is 11.2. The van der Waals surface area contributed by atoms with E-state index in [1.165, 1.54) is 22.2 Å². The van der Waals surface area contributed by atoms with Crippen molar-refractivity contribution in [1.82, 2.24) is 10.3 Å². The van der Waals surface area contributed by atoms with Gasteiger partial charge in [0.1, 0.15) is 0 Å². The highest BCUT2D eigenvalue weighted by atomic mass is 14.9. The maximum Gasteiger partial charge on any atom is 0.0456 e. The quantitative estimate of drug-likeness (QED) is 0.821. The first-order valence-electron chi connectivity index (χ1n) is 6.41. The summed E-state index contributed by atoms with van der Waals surface area (Å²) in [6.45, 7) is 9.70. The van der Waals surface area contributed by atoms with Crippen molar-refractivity contribution in [3.05, 3.63) is 35.5 Å². The van der Waals surface area contributed by atoms with Gasteiger partial charge >= 0.3 is 0 Å². The van der Waals surface area contributed by atoms with Crippen LogP contribution in [0, 0.1) is 0 Å². The van der Waals surface area contributed by atoms with Crippen molar-refractivity contribution in [2.75, 3.05) is 0 Å². The van der Waals surface area contributed by atoms with E-state index in [1.54, 1.807) is 0 Å². The molecular weight excluding hydrogens is 208 g/mol. The topological polar surface area (TPSA) is 27.8 Å². The van der Waals surface area contributed by atoms with Crippen molar-refractivity contribution in [3.8, 4) is 0 Å². The molecule has 2 aromatic rings. The molecule has 0 aliphatic heterocycles. The minimum Gasteiger partial charge on any atom is -0.357 e. The van der Waals surface area contributed by atoms with E-state index in [4.69, 9.17) is 0 Å². The Balaban J connectivity index is 2.24. The summed E-state index contributed by atoms with van der Waals surface area (Å²) in [6, 6.07) is 9.45. The first-order valence-corrected chi connectivity index (χ1v) is 6.41. The predicted molar refractivity (Wildman–Crippen MR) is 74.4 cm³/mol. The van der Waals surface area contributed by atoms with Crippen molar-refractivity contribution in [1.29, 1.82) is 0 Å². The van der Waals surface area contributed by atoms with Crippen molar-refractivity contribution < 1.29 is 0 Å². The lowest BCUT2D eigenvalue weighted by molar-refractivity contribution is 0.583. The highest BCUT2D eigenvalue weighted by Gasteiger charge is 2.04. The molecule has 0 aliphatic carbocycles. The van der Waals surface area contributed by atoms with Crippen LogP contribution in [-0.2, 0) is 6.54 Å². The van der Waals surface area contributed by atoms with Gasteiger partial charge in [-0.05, 0) is 35.1 Å². The van der Waals surface area contributed by atoms with Gasteiger partial charge in [-0.15, -0.1) is 0 Å². The zero-order chi connectivity index (χ0) is 12.4. The fourth-order valence-electron chi connectivity index (χ4n) is 1.98. The maximum atomic E-state index is 3.45. The Morgan fingerprint density at radius 2 is 1.88 bits per heavy atom. The third-order valence-electron chi connectivity index (χ3n) is 3.07. The fraction of sp³-hybridized carbons (Fsp3) is 0.467. The van der Waals surface area contributed by atoms with Gasteiger partial charge in [0.15, 0.2) is 0 Å². The van der Waals surface area contributed by atoms with Crippen molar-refractivity contribution in [3.63, 3.8) is 0 Å². The van der Waals surface area contributed by atoms with E-state index < -0.39 is 0 Å². The van der Waals surface area contributed by atoms with Crippen LogP contribution in [0.15, 0.2) is 24.3 Å². The smallest absolute Gasteiger partial charge is 0.0456 e. The molecule has 0 spiro atoms. The van der Waals surface area contributed by atoms with Crippen LogP contribution < -0.4 is 5.32 Å². The molecule has 1 aromatic carbocycles. The molecule has 1 heterocycles. The van der Waals surface area contributed by atoms with E-state index in [1.807, 2.05) is 0 Å². The van der Waals surface area contributed by atoms with E-state index in [0.29, 0.717) is 12.0 Å². The Labute approximate surface area is 103 Å². The fourth-order valence-corrected chi connectivity index (χ4v) is 1.98. The van der Waals surface area contributed by atoms with Gasteiger partial charge in [0, 0.05) is 23.8 Å². The molecule has 2 nitrogen and oxygen atoms in total. The highest BCUT2D eigenvalue weighted by Crippen LogP contribution is 2.22. The number of nitrogens with one attached hydrogen (secondary N) is 2. The van der Waals surface area contributed by atoms with E-state index in [-0.39, 0.29) is 0 Å². The summed E-state index contributed by atoms with van der Waals surface area (Å²) in [5.41, 5.74) is 3.89. The molecule has 2 N–H and O–H groups in total. The normalized spacial score (nSPS) is 11.9. The van der Waals surface area contributed by atoms with Gasteiger partial charge in [-0.2, -0.15) is 0 Å². The van der Waals surface area contributed by atoms with Gasteiger partial charge in [-0.25, -0.2) is 0 Å². The molecule has 0 saturated heterocycles. The monoisotopic (exact) mass is 230 g/mol. The molecule has 0 fully saturated rings. The second kappa shape index (κ2) is 4.92. The number of aromatic nitrogens is 1. The lowest BCUT2D eigenvalue weighted by Crippen LogP contribution is -2.21. The summed E-state index contributed by atoms with van der Waals surface area (Å²) in [4.78, 5) is 3.45. The average molecular weight is 230 g/mol. The van der Waals surface area contributed by atoms with Crippen LogP contribution in [0.3, 0.4) is 0 Å². The Morgan fingerprint density at radius 1 is 1.12 bits per heavy atom. The molecule has 0 atom stereocenters. The van der Waals surface area contributed by atoms with Crippen LogP contribution in [-0.4, -0.2) is 11.0 Å². The van der Waals surface area contributed by atoms with Gasteiger partial charge in [0.25, 0.3) is 0 Å². The molecule has 0 saturated carbocycles. The van der Waals surface area contributed by atoms with Crippen LogP contribution in [0.1, 0.15) is 44.9 Å². The maximum absolute atomic E-state index is 3.45. The van der Waals surface area contributed by atoms with Crippen LogP contribution in [0.5, 0.6) is 0 Å². The molecular formula is C15H22N2. The molecule has 92 valence electrons. The number of rotatable bonds is 4. The first-order chi connectivity index (χ1) is 8.06. The zero-order valence-electron chi connectivity index (χ0n) is 11.2. The summed E-state index contributed by atoms with van der Waals surface area (Å²) in [5, 5.41) is 4.75. The number of hydrogen-bond donors (Lipinski definition) is 2. The van der Waals surface area contributed by atoms with Crippen molar-refractivity contribution in [2.45, 2.75) is 46.2 Å². The van der Waals surface area contributed by atoms with Crippen LogP contribution in [0.4, 0.5) is 0 Å². The molecule has 2 rings (SSSR count).